The lowest BCUT2D eigenvalue weighted by molar-refractivity contribution is 0.136. The van der Waals surface area contributed by atoms with Gasteiger partial charge in [0, 0.05) is 19.2 Å². The Hall–Kier alpha value is -0.0800. The first-order chi connectivity index (χ1) is 6.64. The molecular weight excluding hydrogens is 174 g/mol. The summed E-state index contributed by atoms with van der Waals surface area (Å²) < 4.78 is 5.31. The molecule has 0 bridgehead atoms. The van der Waals surface area contributed by atoms with Crippen molar-refractivity contribution in [2.45, 2.75) is 52.5 Å². The third-order valence-corrected chi connectivity index (χ3v) is 3.09. The summed E-state index contributed by atoms with van der Waals surface area (Å²) in [6, 6.07) is 0.721. The second-order valence-corrected chi connectivity index (χ2v) is 5.11. The van der Waals surface area contributed by atoms with Crippen LogP contribution in [-0.2, 0) is 4.74 Å². The normalized spacial score (nSPS) is 26.4. The van der Waals surface area contributed by atoms with Gasteiger partial charge in [0.15, 0.2) is 0 Å². The zero-order valence-corrected chi connectivity index (χ0v) is 9.94. The molecule has 1 N–H and O–H groups in total. The number of hydrogen-bond donors (Lipinski definition) is 1. The fourth-order valence-electron chi connectivity index (χ4n) is 2.35. The quantitative estimate of drug-likeness (QED) is 0.687. The molecule has 0 unspecified atom stereocenters. The third-order valence-electron chi connectivity index (χ3n) is 3.09. The minimum atomic E-state index is 0.543. The molecule has 1 rings (SSSR count). The maximum atomic E-state index is 5.31. The zero-order valence-electron chi connectivity index (χ0n) is 9.94. The van der Waals surface area contributed by atoms with Crippen LogP contribution in [0.5, 0.6) is 0 Å². The molecule has 0 aromatic carbocycles. The molecule has 2 nitrogen and oxygen atoms in total. The summed E-state index contributed by atoms with van der Waals surface area (Å²) in [5, 5.41) is 3.59. The van der Waals surface area contributed by atoms with Crippen LogP contribution in [0.1, 0.15) is 46.5 Å². The lowest BCUT2D eigenvalue weighted by Gasteiger charge is -2.35. The van der Waals surface area contributed by atoms with Crippen LogP contribution in [0.2, 0.25) is 0 Å². The molecule has 84 valence electrons. The van der Waals surface area contributed by atoms with Gasteiger partial charge in [-0.05, 0) is 31.6 Å². The highest BCUT2D eigenvalue weighted by atomic mass is 16.5. The third kappa shape index (κ3) is 4.43. The van der Waals surface area contributed by atoms with Crippen molar-refractivity contribution in [2.24, 2.45) is 5.41 Å². The standard InChI is InChI=1S/C12H25NO/c1-4-14-9-8-13-11-6-5-7-12(2,3)10-11/h11,13H,4-10H2,1-3H3/t11-/m0/s1. The van der Waals surface area contributed by atoms with E-state index in [2.05, 4.69) is 19.2 Å². The van der Waals surface area contributed by atoms with Crippen molar-refractivity contribution in [3.05, 3.63) is 0 Å². The lowest BCUT2D eigenvalue weighted by Crippen LogP contribution is -2.38. The monoisotopic (exact) mass is 199 g/mol. The summed E-state index contributed by atoms with van der Waals surface area (Å²) in [7, 11) is 0. The highest BCUT2D eigenvalue weighted by Crippen LogP contribution is 2.34. The zero-order chi connectivity index (χ0) is 10.4. The van der Waals surface area contributed by atoms with Crippen LogP contribution >= 0.6 is 0 Å². The van der Waals surface area contributed by atoms with Crippen molar-refractivity contribution in [2.75, 3.05) is 19.8 Å². The summed E-state index contributed by atoms with van der Waals surface area (Å²) in [5.74, 6) is 0. The van der Waals surface area contributed by atoms with Crippen LogP contribution in [0, 0.1) is 5.41 Å². The molecule has 1 saturated carbocycles. The van der Waals surface area contributed by atoms with Crippen LogP contribution in [-0.4, -0.2) is 25.8 Å². The number of ether oxygens (including phenoxy) is 1. The van der Waals surface area contributed by atoms with E-state index in [0.717, 1.165) is 25.8 Å². The minimum absolute atomic E-state index is 0.543. The predicted octanol–water partition coefficient (Wildman–Crippen LogP) is 2.58. The molecular formula is C12H25NO. The van der Waals surface area contributed by atoms with Gasteiger partial charge in [-0.2, -0.15) is 0 Å². The molecule has 1 atom stereocenters. The maximum absolute atomic E-state index is 5.31. The molecule has 14 heavy (non-hydrogen) atoms. The summed E-state index contributed by atoms with van der Waals surface area (Å²) >= 11 is 0. The summed E-state index contributed by atoms with van der Waals surface area (Å²) in [6.45, 7) is 9.50. The van der Waals surface area contributed by atoms with E-state index >= 15 is 0 Å². The van der Waals surface area contributed by atoms with Crippen LogP contribution in [0.15, 0.2) is 0 Å². The summed E-state index contributed by atoms with van der Waals surface area (Å²) in [4.78, 5) is 0. The van der Waals surface area contributed by atoms with Gasteiger partial charge in [-0.15, -0.1) is 0 Å². The molecule has 1 fully saturated rings. The molecule has 2 heteroatoms. The van der Waals surface area contributed by atoms with Crippen molar-refractivity contribution in [1.82, 2.24) is 5.32 Å². The SMILES string of the molecule is CCOCCN[C@H]1CCCC(C)(C)C1. The Kier molecular flexibility index (Phi) is 4.90. The highest BCUT2D eigenvalue weighted by Gasteiger charge is 2.27. The molecule has 0 aromatic rings. The highest BCUT2D eigenvalue weighted by molar-refractivity contribution is 4.83. The average molecular weight is 199 g/mol. The van der Waals surface area contributed by atoms with Gasteiger partial charge in [-0.1, -0.05) is 20.3 Å². The second-order valence-electron chi connectivity index (χ2n) is 5.11. The Morgan fingerprint density at radius 2 is 2.21 bits per heavy atom. The molecule has 0 spiro atoms. The number of hydrogen-bond acceptors (Lipinski definition) is 2. The van der Waals surface area contributed by atoms with Gasteiger partial charge in [0.2, 0.25) is 0 Å². The molecule has 0 aliphatic heterocycles. The van der Waals surface area contributed by atoms with Crippen LogP contribution in [0.25, 0.3) is 0 Å². The van der Waals surface area contributed by atoms with E-state index in [1.165, 1.54) is 25.7 Å². The Bertz CT molecular complexity index is 156. The summed E-state index contributed by atoms with van der Waals surface area (Å²) in [6.07, 6.45) is 5.42. The molecule has 0 aromatic heterocycles. The van der Waals surface area contributed by atoms with Gasteiger partial charge in [0.25, 0.3) is 0 Å². The van der Waals surface area contributed by atoms with Crippen LogP contribution in [0.4, 0.5) is 0 Å². The lowest BCUT2D eigenvalue weighted by atomic mass is 9.75. The van der Waals surface area contributed by atoms with Crippen molar-refractivity contribution < 1.29 is 4.74 Å². The first kappa shape index (κ1) is 12.0. The van der Waals surface area contributed by atoms with E-state index in [-0.39, 0.29) is 0 Å². The Morgan fingerprint density at radius 3 is 2.86 bits per heavy atom. The van der Waals surface area contributed by atoms with Gasteiger partial charge in [-0.3, -0.25) is 0 Å². The first-order valence-corrected chi connectivity index (χ1v) is 5.95. The van der Waals surface area contributed by atoms with E-state index in [9.17, 15) is 0 Å². The van der Waals surface area contributed by atoms with E-state index < -0.39 is 0 Å². The fraction of sp³-hybridized carbons (Fsp3) is 1.00. The fourth-order valence-corrected chi connectivity index (χ4v) is 2.35. The Labute approximate surface area is 88.4 Å². The van der Waals surface area contributed by atoms with Gasteiger partial charge >= 0.3 is 0 Å². The van der Waals surface area contributed by atoms with Crippen LogP contribution in [0.3, 0.4) is 0 Å². The van der Waals surface area contributed by atoms with Gasteiger partial charge in [-0.25, -0.2) is 0 Å². The Balaban J connectivity index is 2.12. The second kappa shape index (κ2) is 5.72. The molecule has 0 amide bonds. The van der Waals surface area contributed by atoms with Crippen LogP contribution < -0.4 is 5.32 Å². The van der Waals surface area contributed by atoms with Crippen molar-refractivity contribution in [1.29, 1.82) is 0 Å². The largest absolute Gasteiger partial charge is 0.380 e. The Morgan fingerprint density at radius 1 is 1.43 bits per heavy atom. The van der Waals surface area contributed by atoms with Crippen molar-refractivity contribution in [3.63, 3.8) is 0 Å². The first-order valence-electron chi connectivity index (χ1n) is 5.95. The number of rotatable bonds is 5. The van der Waals surface area contributed by atoms with Gasteiger partial charge in [0.1, 0.15) is 0 Å². The van der Waals surface area contributed by atoms with Gasteiger partial charge in [0.05, 0.1) is 6.61 Å². The van der Waals surface area contributed by atoms with Gasteiger partial charge < -0.3 is 10.1 Å². The topological polar surface area (TPSA) is 21.3 Å². The predicted molar refractivity (Wildman–Crippen MR) is 60.5 cm³/mol. The summed E-state index contributed by atoms with van der Waals surface area (Å²) in [5.41, 5.74) is 0.543. The number of nitrogens with one attached hydrogen (secondary N) is 1. The van der Waals surface area contributed by atoms with Crippen molar-refractivity contribution >= 4 is 0 Å². The van der Waals surface area contributed by atoms with E-state index in [1.54, 1.807) is 0 Å². The molecule has 0 heterocycles. The molecule has 0 saturated heterocycles. The smallest absolute Gasteiger partial charge is 0.0590 e. The van der Waals surface area contributed by atoms with E-state index in [4.69, 9.17) is 4.74 Å². The maximum Gasteiger partial charge on any atom is 0.0590 e. The average Bonchev–Trinajstić information content (AvgIpc) is 2.11. The molecule has 1 aliphatic rings. The molecule has 0 radical (unpaired) electrons. The van der Waals surface area contributed by atoms with Crippen molar-refractivity contribution in [3.8, 4) is 0 Å². The van der Waals surface area contributed by atoms with E-state index in [0.29, 0.717) is 5.41 Å². The minimum Gasteiger partial charge on any atom is -0.380 e. The van der Waals surface area contributed by atoms with E-state index in [1.807, 2.05) is 6.92 Å². The molecule has 1 aliphatic carbocycles.